The Balaban J connectivity index is 2.40. The van der Waals surface area contributed by atoms with E-state index < -0.39 is 0 Å². The normalized spacial score (nSPS) is 17.3. The van der Waals surface area contributed by atoms with Crippen LogP contribution in [0.15, 0.2) is 16.6 Å². The summed E-state index contributed by atoms with van der Waals surface area (Å²) in [5, 5.41) is 0. The lowest BCUT2D eigenvalue weighted by Crippen LogP contribution is -2.12. The molecule has 2 N–H and O–H groups in total. The lowest BCUT2D eigenvalue weighted by atomic mass is 9.89. The largest absolute Gasteiger partial charge is 0.324 e. The minimum absolute atomic E-state index is 0.173. The molecule has 0 aromatic heterocycles. The molecule has 0 fully saturated rings. The van der Waals surface area contributed by atoms with Crippen LogP contribution in [0.1, 0.15) is 48.9 Å². The van der Waals surface area contributed by atoms with E-state index in [9.17, 15) is 0 Å². The summed E-state index contributed by atoms with van der Waals surface area (Å²) in [6.45, 7) is 2.14. The summed E-state index contributed by atoms with van der Waals surface area (Å²) in [6, 6.07) is 4.76. The number of benzene rings is 1. The third kappa shape index (κ3) is 2.26. The van der Waals surface area contributed by atoms with E-state index in [-0.39, 0.29) is 6.04 Å². The van der Waals surface area contributed by atoms with Crippen LogP contribution in [0.2, 0.25) is 0 Å². The molecule has 15 heavy (non-hydrogen) atoms. The summed E-state index contributed by atoms with van der Waals surface area (Å²) < 4.78 is 1.19. The molecule has 1 nitrogen and oxygen atoms in total. The van der Waals surface area contributed by atoms with Gasteiger partial charge in [0, 0.05) is 10.5 Å². The van der Waals surface area contributed by atoms with E-state index >= 15 is 0 Å². The van der Waals surface area contributed by atoms with Crippen LogP contribution in [0.25, 0.3) is 0 Å². The van der Waals surface area contributed by atoms with Crippen LogP contribution in [0, 0.1) is 0 Å². The second-order valence-corrected chi connectivity index (χ2v) is 5.22. The zero-order valence-electron chi connectivity index (χ0n) is 9.22. The van der Waals surface area contributed by atoms with Gasteiger partial charge >= 0.3 is 0 Å². The molecule has 1 aliphatic rings. The number of nitrogens with two attached hydrogens (primary N) is 1. The molecule has 2 rings (SSSR count). The molecule has 1 unspecified atom stereocenters. The van der Waals surface area contributed by atoms with Crippen LogP contribution in [0.5, 0.6) is 0 Å². The van der Waals surface area contributed by atoms with E-state index in [1.54, 1.807) is 0 Å². The second-order valence-electron chi connectivity index (χ2n) is 4.36. The van der Waals surface area contributed by atoms with Crippen molar-refractivity contribution in [2.75, 3.05) is 0 Å². The van der Waals surface area contributed by atoms with E-state index in [1.165, 1.54) is 46.8 Å². The molecular formula is C13H18BrN. The van der Waals surface area contributed by atoms with Crippen molar-refractivity contribution in [3.63, 3.8) is 0 Å². The van der Waals surface area contributed by atoms with Crippen LogP contribution in [0.3, 0.4) is 0 Å². The summed E-state index contributed by atoms with van der Waals surface area (Å²) in [7, 11) is 0. The lowest BCUT2D eigenvalue weighted by Gasteiger charge is -2.20. The van der Waals surface area contributed by atoms with Gasteiger partial charge in [-0.2, -0.15) is 0 Å². The molecule has 0 aliphatic heterocycles. The van der Waals surface area contributed by atoms with E-state index in [1.807, 2.05) is 0 Å². The smallest absolute Gasteiger partial charge is 0.0303 e. The molecular weight excluding hydrogens is 250 g/mol. The standard InChI is InChI=1S/C13H18BrN/c1-2-13(15)11-7-9-5-3-4-6-10(9)8-12(11)14/h7-8,13H,2-6,15H2,1H3. The monoisotopic (exact) mass is 267 g/mol. The first-order valence-electron chi connectivity index (χ1n) is 5.79. The summed E-state index contributed by atoms with van der Waals surface area (Å²) in [5.74, 6) is 0. The molecule has 1 aliphatic carbocycles. The fourth-order valence-electron chi connectivity index (χ4n) is 2.28. The minimum atomic E-state index is 0.173. The molecule has 0 spiro atoms. The van der Waals surface area contributed by atoms with Crippen molar-refractivity contribution in [1.82, 2.24) is 0 Å². The van der Waals surface area contributed by atoms with Gasteiger partial charge in [-0.25, -0.2) is 0 Å². The number of aryl methyl sites for hydroxylation is 2. The Hall–Kier alpha value is -0.340. The Labute approximate surface area is 100 Å². The Bertz CT molecular complexity index is 360. The molecule has 1 aromatic carbocycles. The Morgan fingerprint density at radius 3 is 2.47 bits per heavy atom. The van der Waals surface area contributed by atoms with Crippen LogP contribution in [-0.2, 0) is 12.8 Å². The third-order valence-electron chi connectivity index (χ3n) is 3.30. The zero-order valence-corrected chi connectivity index (χ0v) is 10.8. The third-order valence-corrected chi connectivity index (χ3v) is 3.99. The lowest BCUT2D eigenvalue weighted by molar-refractivity contribution is 0.667. The highest BCUT2D eigenvalue weighted by Gasteiger charge is 2.15. The van der Waals surface area contributed by atoms with Crippen LogP contribution >= 0.6 is 15.9 Å². The Morgan fingerprint density at radius 1 is 1.27 bits per heavy atom. The molecule has 1 atom stereocenters. The van der Waals surface area contributed by atoms with Crippen molar-refractivity contribution >= 4 is 15.9 Å². The van der Waals surface area contributed by atoms with Gasteiger partial charge in [-0.15, -0.1) is 0 Å². The minimum Gasteiger partial charge on any atom is -0.324 e. The summed E-state index contributed by atoms with van der Waals surface area (Å²) in [6.07, 6.45) is 6.12. The molecule has 0 bridgehead atoms. The first-order chi connectivity index (χ1) is 7.22. The van der Waals surface area contributed by atoms with Gasteiger partial charge in [0.15, 0.2) is 0 Å². The number of fused-ring (bicyclic) bond motifs is 1. The Kier molecular flexibility index (Phi) is 3.47. The highest BCUT2D eigenvalue weighted by Crippen LogP contribution is 2.31. The van der Waals surface area contributed by atoms with E-state index in [2.05, 4.69) is 35.0 Å². The van der Waals surface area contributed by atoms with Crippen LogP contribution in [0.4, 0.5) is 0 Å². The molecule has 0 amide bonds. The topological polar surface area (TPSA) is 26.0 Å². The number of halogens is 1. The van der Waals surface area contributed by atoms with E-state index in [4.69, 9.17) is 5.73 Å². The zero-order chi connectivity index (χ0) is 10.8. The van der Waals surface area contributed by atoms with Crippen LogP contribution < -0.4 is 5.73 Å². The second kappa shape index (κ2) is 4.67. The van der Waals surface area contributed by atoms with Gasteiger partial charge in [0.1, 0.15) is 0 Å². The molecule has 0 heterocycles. The Morgan fingerprint density at radius 2 is 1.87 bits per heavy atom. The van der Waals surface area contributed by atoms with Gasteiger partial charge in [0.05, 0.1) is 0 Å². The SMILES string of the molecule is CCC(N)c1cc2c(cc1Br)CCCC2. The first-order valence-corrected chi connectivity index (χ1v) is 6.58. The van der Waals surface area contributed by atoms with E-state index in [0.29, 0.717) is 0 Å². The van der Waals surface area contributed by atoms with Crippen molar-refractivity contribution in [2.45, 2.75) is 45.1 Å². The average molecular weight is 268 g/mol. The maximum atomic E-state index is 6.10. The molecule has 1 aromatic rings. The van der Waals surface area contributed by atoms with Gasteiger partial charge < -0.3 is 5.73 Å². The number of hydrogen-bond donors (Lipinski definition) is 1. The molecule has 0 radical (unpaired) electrons. The fourth-order valence-corrected chi connectivity index (χ4v) is 2.96. The van der Waals surface area contributed by atoms with Crippen molar-refractivity contribution in [3.05, 3.63) is 33.3 Å². The fraction of sp³-hybridized carbons (Fsp3) is 0.538. The number of hydrogen-bond acceptors (Lipinski definition) is 1. The van der Waals surface area contributed by atoms with Crippen molar-refractivity contribution in [1.29, 1.82) is 0 Å². The van der Waals surface area contributed by atoms with Crippen molar-refractivity contribution in [2.24, 2.45) is 5.73 Å². The summed E-state index contributed by atoms with van der Waals surface area (Å²) >= 11 is 3.64. The maximum Gasteiger partial charge on any atom is 0.0303 e. The van der Waals surface area contributed by atoms with Gasteiger partial charge in [0.2, 0.25) is 0 Å². The summed E-state index contributed by atoms with van der Waals surface area (Å²) in [4.78, 5) is 0. The summed E-state index contributed by atoms with van der Waals surface area (Å²) in [5.41, 5.74) is 10.4. The maximum absolute atomic E-state index is 6.10. The van der Waals surface area contributed by atoms with E-state index in [0.717, 1.165) is 6.42 Å². The van der Waals surface area contributed by atoms with Gasteiger partial charge in [-0.3, -0.25) is 0 Å². The van der Waals surface area contributed by atoms with Gasteiger partial charge in [-0.05, 0) is 54.9 Å². The average Bonchev–Trinajstić information content (AvgIpc) is 2.27. The number of rotatable bonds is 2. The first kappa shape index (κ1) is 11.2. The van der Waals surface area contributed by atoms with Gasteiger partial charge in [-0.1, -0.05) is 28.9 Å². The quantitative estimate of drug-likeness (QED) is 0.868. The molecule has 82 valence electrons. The molecule has 2 heteroatoms. The molecule has 0 saturated heterocycles. The van der Waals surface area contributed by atoms with Gasteiger partial charge in [0.25, 0.3) is 0 Å². The highest BCUT2D eigenvalue weighted by molar-refractivity contribution is 9.10. The molecule has 0 saturated carbocycles. The predicted molar refractivity (Wildman–Crippen MR) is 68.0 cm³/mol. The predicted octanol–water partition coefficient (Wildman–Crippen LogP) is 3.74. The van der Waals surface area contributed by atoms with Crippen LogP contribution in [-0.4, -0.2) is 0 Å². The highest BCUT2D eigenvalue weighted by atomic mass is 79.9. The van der Waals surface area contributed by atoms with Crippen molar-refractivity contribution in [3.8, 4) is 0 Å². The van der Waals surface area contributed by atoms with Crippen molar-refractivity contribution < 1.29 is 0 Å².